The standard InChI is InChI=1S/C18H31N5O2.HI/c1-4-14(5-2)16-11-15(25-22-16)12-20-18(19-3)21-13-17(24)23-9-7-6-8-10-23;/h11,14H,4-10,12-13H2,1-3H3,(H2,19,20,21);1H. The van der Waals surface area contributed by atoms with Gasteiger partial charge >= 0.3 is 0 Å². The van der Waals surface area contributed by atoms with Crippen LogP contribution in [0, 0.1) is 0 Å². The van der Waals surface area contributed by atoms with E-state index in [0.717, 1.165) is 50.2 Å². The molecule has 1 aromatic heterocycles. The number of likely N-dealkylation sites (tertiary alicyclic amines) is 1. The Morgan fingerprint density at radius 3 is 2.58 bits per heavy atom. The number of hydrogen-bond donors (Lipinski definition) is 2. The van der Waals surface area contributed by atoms with Gasteiger partial charge in [0.1, 0.15) is 0 Å². The largest absolute Gasteiger partial charge is 0.359 e. The number of carbonyl (C=O) groups is 1. The van der Waals surface area contributed by atoms with E-state index >= 15 is 0 Å². The van der Waals surface area contributed by atoms with Crippen molar-refractivity contribution in [1.29, 1.82) is 0 Å². The number of aliphatic imine (C=N–C) groups is 1. The number of nitrogens with zero attached hydrogens (tertiary/aromatic N) is 3. The van der Waals surface area contributed by atoms with Crippen LogP contribution in [0.2, 0.25) is 0 Å². The van der Waals surface area contributed by atoms with Crippen molar-refractivity contribution in [3.8, 4) is 0 Å². The van der Waals surface area contributed by atoms with Gasteiger partial charge in [-0.3, -0.25) is 9.79 Å². The minimum absolute atomic E-state index is 0. The first-order chi connectivity index (χ1) is 12.2. The van der Waals surface area contributed by atoms with Crippen molar-refractivity contribution in [3.05, 3.63) is 17.5 Å². The molecule has 1 aliphatic rings. The quantitative estimate of drug-likeness (QED) is 0.359. The average molecular weight is 477 g/mol. The molecule has 8 heteroatoms. The third kappa shape index (κ3) is 6.77. The highest BCUT2D eigenvalue weighted by atomic mass is 127. The Balaban J connectivity index is 0.00000338. The molecule has 2 N–H and O–H groups in total. The van der Waals surface area contributed by atoms with Gasteiger partial charge in [0.2, 0.25) is 5.91 Å². The monoisotopic (exact) mass is 477 g/mol. The van der Waals surface area contributed by atoms with Crippen molar-refractivity contribution in [2.45, 2.75) is 58.4 Å². The molecule has 0 aromatic carbocycles. The minimum atomic E-state index is 0. The predicted molar refractivity (Wildman–Crippen MR) is 114 cm³/mol. The van der Waals surface area contributed by atoms with Gasteiger partial charge in [0.05, 0.1) is 18.8 Å². The summed E-state index contributed by atoms with van der Waals surface area (Å²) in [5, 5.41) is 10.4. The molecule has 0 aliphatic carbocycles. The smallest absolute Gasteiger partial charge is 0.241 e. The van der Waals surface area contributed by atoms with Crippen LogP contribution in [0.3, 0.4) is 0 Å². The van der Waals surface area contributed by atoms with Crippen LogP contribution < -0.4 is 10.6 Å². The zero-order valence-corrected chi connectivity index (χ0v) is 18.4. The Bertz CT molecular complexity index is 566. The van der Waals surface area contributed by atoms with Crippen LogP contribution in [0.15, 0.2) is 15.6 Å². The highest BCUT2D eigenvalue weighted by Gasteiger charge is 2.17. The second-order valence-electron chi connectivity index (χ2n) is 6.45. The van der Waals surface area contributed by atoms with E-state index in [1.165, 1.54) is 6.42 Å². The maximum absolute atomic E-state index is 12.2. The Morgan fingerprint density at radius 2 is 1.96 bits per heavy atom. The van der Waals surface area contributed by atoms with Gasteiger partial charge < -0.3 is 20.1 Å². The Labute approximate surface area is 173 Å². The first kappa shape index (κ1) is 22.7. The maximum Gasteiger partial charge on any atom is 0.241 e. The Kier molecular flexibility index (Phi) is 10.6. The van der Waals surface area contributed by atoms with Gasteiger partial charge in [-0.2, -0.15) is 0 Å². The molecular formula is C18H32IN5O2. The fourth-order valence-corrected chi connectivity index (χ4v) is 3.12. The summed E-state index contributed by atoms with van der Waals surface area (Å²) >= 11 is 0. The van der Waals surface area contributed by atoms with Crippen molar-refractivity contribution in [1.82, 2.24) is 20.7 Å². The first-order valence-electron chi connectivity index (χ1n) is 9.35. The second kappa shape index (κ2) is 12.1. The molecule has 1 saturated heterocycles. The number of aromatic nitrogens is 1. The van der Waals surface area contributed by atoms with E-state index in [-0.39, 0.29) is 36.4 Å². The number of piperidine rings is 1. The molecule has 0 bridgehead atoms. The molecule has 148 valence electrons. The summed E-state index contributed by atoms with van der Waals surface area (Å²) in [5.41, 5.74) is 1.00. The van der Waals surface area contributed by atoms with Crippen molar-refractivity contribution in [3.63, 3.8) is 0 Å². The topological polar surface area (TPSA) is 82.8 Å². The molecular weight excluding hydrogens is 445 g/mol. The lowest BCUT2D eigenvalue weighted by Crippen LogP contribution is -2.45. The summed E-state index contributed by atoms with van der Waals surface area (Å²) in [6, 6.07) is 2.00. The summed E-state index contributed by atoms with van der Waals surface area (Å²) in [6.07, 6.45) is 5.53. The molecule has 0 spiro atoms. The Hall–Kier alpha value is -1.32. The molecule has 0 saturated carbocycles. The van der Waals surface area contributed by atoms with Gasteiger partial charge in [0.15, 0.2) is 11.7 Å². The lowest BCUT2D eigenvalue weighted by atomic mass is 9.99. The molecule has 0 radical (unpaired) electrons. The van der Waals surface area contributed by atoms with Gasteiger partial charge in [0.25, 0.3) is 0 Å². The van der Waals surface area contributed by atoms with E-state index in [2.05, 4.69) is 34.6 Å². The van der Waals surface area contributed by atoms with Gasteiger partial charge in [-0.15, -0.1) is 24.0 Å². The Morgan fingerprint density at radius 1 is 1.27 bits per heavy atom. The third-order valence-corrected chi connectivity index (χ3v) is 4.75. The molecule has 7 nitrogen and oxygen atoms in total. The van der Waals surface area contributed by atoms with Gasteiger partial charge in [-0.05, 0) is 32.1 Å². The van der Waals surface area contributed by atoms with Gasteiger partial charge in [-0.25, -0.2) is 0 Å². The number of hydrogen-bond acceptors (Lipinski definition) is 4. The number of halogens is 1. The van der Waals surface area contributed by atoms with Crippen molar-refractivity contribution in [2.75, 3.05) is 26.7 Å². The zero-order valence-electron chi connectivity index (χ0n) is 16.1. The van der Waals surface area contributed by atoms with Crippen LogP contribution in [0.1, 0.15) is 63.3 Å². The molecule has 1 aliphatic heterocycles. The van der Waals surface area contributed by atoms with E-state index in [4.69, 9.17) is 4.52 Å². The van der Waals surface area contributed by atoms with Crippen molar-refractivity contribution < 1.29 is 9.32 Å². The fourth-order valence-electron chi connectivity index (χ4n) is 3.12. The summed E-state index contributed by atoms with van der Waals surface area (Å²) in [7, 11) is 1.69. The zero-order chi connectivity index (χ0) is 18.1. The van der Waals surface area contributed by atoms with Gasteiger partial charge in [0, 0.05) is 32.1 Å². The average Bonchev–Trinajstić information content (AvgIpc) is 3.12. The number of carbonyl (C=O) groups excluding carboxylic acids is 1. The summed E-state index contributed by atoms with van der Waals surface area (Å²) in [4.78, 5) is 18.3. The third-order valence-electron chi connectivity index (χ3n) is 4.75. The highest BCUT2D eigenvalue weighted by Crippen LogP contribution is 2.22. The molecule has 26 heavy (non-hydrogen) atoms. The van der Waals surface area contributed by atoms with E-state index in [9.17, 15) is 4.79 Å². The van der Waals surface area contributed by atoms with Crippen LogP contribution in [0.25, 0.3) is 0 Å². The maximum atomic E-state index is 12.2. The fraction of sp³-hybridized carbons (Fsp3) is 0.722. The molecule has 1 fully saturated rings. The predicted octanol–water partition coefficient (Wildman–Crippen LogP) is 2.87. The molecule has 2 heterocycles. The van der Waals surface area contributed by atoms with Crippen LogP contribution in [-0.4, -0.2) is 48.6 Å². The first-order valence-corrected chi connectivity index (χ1v) is 9.35. The van der Waals surface area contributed by atoms with Crippen LogP contribution in [0.4, 0.5) is 0 Å². The molecule has 0 unspecified atom stereocenters. The van der Waals surface area contributed by atoms with E-state index in [0.29, 0.717) is 18.4 Å². The highest BCUT2D eigenvalue weighted by molar-refractivity contribution is 14.0. The molecule has 1 amide bonds. The summed E-state index contributed by atoms with van der Waals surface area (Å²) in [5.74, 6) is 1.92. The minimum Gasteiger partial charge on any atom is -0.359 e. The van der Waals surface area contributed by atoms with Crippen LogP contribution >= 0.6 is 24.0 Å². The second-order valence-corrected chi connectivity index (χ2v) is 6.45. The molecule has 2 rings (SSSR count). The number of rotatable bonds is 7. The van der Waals surface area contributed by atoms with Crippen molar-refractivity contribution >= 4 is 35.8 Å². The number of amides is 1. The normalized spacial score (nSPS) is 14.9. The molecule has 1 aromatic rings. The van der Waals surface area contributed by atoms with Crippen LogP contribution in [-0.2, 0) is 11.3 Å². The SMILES string of the molecule is CCC(CC)c1cc(CNC(=NC)NCC(=O)N2CCCCC2)on1.I. The van der Waals surface area contributed by atoms with E-state index in [1.807, 2.05) is 11.0 Å². The number of nitrogens with one attached hydrogen (secondary N) is 2. The van der Waals surface area contributed by atoms with Gasteiger partial charge in [-0.1, -0.05) is 19.0 Å². The van der Waals surface area contributed by atoms with Crippen LogP contribution in [0.5, 0.6) is 0 Å². The number of guanidine groups is 1. The lowest BCUT2D eigenvalue weighted by Gasteiger charge is -2.27. The van der Waals surface area contributed by atoms with E-state index in [1.54, 1.807) is 7.05 Å². The lowest BCUT2D eigenvalue weighted by molar-refractivity contribution is -0.130. The summed E-state index contributed by atoms with van der Waals surface area (Å²) < 4.78 is 5.39. The van der Waals surface area contributed by atoms with Crippen molar-refractivity contribution in [2.24, 2.45) is 4.99 Å². The summed E-state index contributed by atoms with van der Waals surface area (Å²) in [6.45, 7) is 6.80. The molecule has 0 atom stereocenters. The van der Waals surface area contributed by atoms with E-state index < -0.39 is 0 Å².